The van der Waals surface area contributed by atoms with Gasteiger partial charge >= 0.3 is 0 Å². The summed E-state index contributed by atoms with van der Waals surface area (Å²) in [7, 11) is 2.26. The van der Waals surface area contributed by atoms with Crippen LogP contribution in [0.4, 0.5) is 0 Å². The zero-order valence-electron chi connectivity index (χ0n) is 12.4. The molecule has 0 N–H and O–H groups in total. The first kappa shape index (κ1) is 13.0. The minimum absolute atomic E-state index is 0.597. The molecule has 2 heterocycles. The maximum absolute atomic E-state index is 5.87. The van der Waals surface area contributed by atoms with Crippen LogP contribution >= 0.6 is 0 Å². The molecule has 0 saturated carbocycles. The van der Waals surface area contributed by atoms with Gasteiger partial charge in [-0.25, -0.2) is 0 Å². The van der Waals surface area contributed by atoms with Crippen molar-refractivity contribution in [1.29, 1.82) is 0 Å². The van der Waals surface area contributed by atoms with Crippen LogP contribution in [-0.4, -0.2) is 31.1 Å². The summed E-state index contributed by atoms with van der Waals surface area (Å²) >= 11 is 0. The number of hydrogen-bond donors (Lipinski definition) is 0. The molecule has 1 saturated heterocycles. The van der Waals surface area contributed by atoms with E-state index in [9.17, 15) is 0 Å². The van der Waals surface area contributed by atoms with Gasteiger partial charge < -0.3 is 9.64 Å². The summed E-state index contributed by atoms with van der Waals surface area (Å²) in [5, 5.41) is 0. The lowest BCUT2D eigenvalue weighted by Gasteiger charge is -2.22. The second-order valence-corrected chi connectivity index (χ2v) is 6.47. The van der Waals surface area contributed by atoms with Crippen molar-refractivity contribution in [3.63, 3.8) is 0 Å². The molecule has 0 radical (unpaired) electrons. The highest BCUT2D eigenvalue weighted by Gasteiger charge is 2.30. The van der Waals surface area contributed by atoms with Gasteiger partial charge in [0.05, 0.1) is 6.61 Å². The van der Waals surface area contributed by atoms with Gasteiger partial charge in [-0.3, -0.25) is 0 Å². The van der Waals surface area contributed by atoms with Crippen molar-refractivity contribution in [1.82, 2.24) is 4.90 Å². The van der Waals surface area contributed by atoms with Gasteiger partial charge in [-0.2, -0.15) is 0 Å². The standard InChI is InChI=1S/C17H25NO/c1-12(2)13-6-7-17-16(10-13)14(11-19-17)9-15-5-4-8-18(15)3/h6-7,10,12,14-15H,4-5,8-9,11H2,1-3H3/t14-,15-/m1/s1. The van der Waals surface area contributed by atoms with E-state index in [0.717, 1.165) is 18.4 Å². The molecule has 1 aromatic carbocycles. The van der Waals surface area contributed by atoms with Crippen LogP contribution in [0, 0.1) is 0 Å². The van der Waals surface area contributed by atoms with Gasteiger partial charge in [0.1, 0.15) is 5.75 Å². The monoisotopic (exact) mass is 259 g/mol. The number of likely N-dealkylation sites (tertiary alicyclic amines) is 1. The third kappa shape index (κ3) is 2.51. The number of rotatable bonds is 3. The van der Waals surface area contributed by atoms with E-state index in [4.69, 9.17) is 4.74 Å². The van der Waals surface area contributed by atoms with Gasteiger partial charge in [0.25, 0.3) is 0 Å². The van der Waals surface area contributed by atoms with Gasteiger partial charge in [0.2, 0.25) is 0 Å². The molecule has 0 bridgehead atoms. The van der Waals surface area contributed by atoms with E-state index in [1.165, 1.54) is 36.9 Å². The van der Waals surface area contributed by atoms with E-state index in [1.807, 2.05) is 0 Å². The molecule has 0 aliphatic carbocycles. The Kier molecular flexibility index (Phi) is 3.53. The normalized spacial score (nSPS) is 26.7. The zero-order chi connectivity index (χ0) is 13.4. The van der Waals surface area contributed by atoms with E-state index < -0.39 is 0 Å². The van der Waals surface area contributed by atoms with Crippen molar-refractivity contribution in [2.75, 3.05) is 20.2 Å². The van der Waals surface area contributed by atoms with Crippen molar-refractivity contribution in [3.05, 3.63) is 29.3 Å². The summed E-state index contributed by atoms with van der Waals surface area (Å²) in [6.45, 7) is 6.66. The molecule has 0 unspecified atom stereocenters. The molecule has 3 rings (SSSR count). The Hall–Kier alpha value is -1.02. The second kappa shape index (κ2) is 5.16. The molecule has 2 atom stereocenters. The van der Waals surface area contributed by atoms with Crippen molar-refractivity contribution in [2.24, 2.45) is 0 Å². The highest BCUT2D eigenvalue weighted by molar-refractivity contribution is 5.43. The summed E-state index contributed by atoms with van der Waals surface area (Å²) in [5.74, 6) is 2.31. The topological polar surface area (TPSA) is 12.5 Å². The Balaban J connectivity index is 1.78. The molecule has 104 valence electrons. The zero-order valence-corrected chi connectivity index (χ0v) is 12.4. The second-order valence-electron chi connectivity index (χ2n) is 6.47. The van der Waals surface area contributed by atoms with Crippen molar-refractivity contribution in [3.8, 4) is 5.75 Å². The molecule has 0 spiro atoms. The van der Waals surface area contributed by atoms with Crippen molar-refractivity contribution >= 4 is 0 Å². The average molecular weight is 259 g/mol. The first-order valence-electron chi connectivity index (χ1n) is 7.62. The van der Waals surface area contributed by atoms with Crippen LogP contribution in [0.25, 0.3) is 0 Å². The fourth-order valence-corrected chi connectivity index (χ4v) is 3.46. The summed E-state index contributed by atoms with van der Waals surface area (Å²) in [6.07, 6.45) is 3.96. The fraction of sp³-hybridized carbons (Fsp3) is 0.647. The van der Waals surface area contributed by atoms with Crippen LogP contribution < -0.4 is 4.74 Å². The Morgan fingerprint density at radius 3 is 2.89 bits per heavy atom. The van der Waals surface area contributed by atoms with Gasteiger partial charge in [0.15, 0.2) is 0 Å². The summed E-state index contributed by atoms with van der Waals surface area (Å²) in [6, 6.07) is 7.52. The predicted octanol–water partition coefficient (Wildman–Crippen LogP) is 3.77. The first-order valence-corrected chi connectivity index (χ1v) is 7.62. The van der Waals surface area contributed by atoms with E-state index in [2.05, 4.69) is 44.0 Å². The van der Waals surface area contributed by atoms with Crippen LogP contribution in [-0.2, 0) is 0 Å². The first-order chi connectivity index (χ1) is 9.15. The molecule has 0 aromatic heterocycles. The minimum Gasteiger partial charge on any atom is -0.493 e. The SMILES string of the molecule is CC(C)c1ccc2c(c1)[C@H](C[C@H]1CCCN1C)CO2. The highest BCUT2D eigenvalue weighted by Crippen LogP contribution is 2.39. The Morgan fingerprint density at radius 2 is 2.21 bits per heavy atom. The Morgan fingerprint density at radius 1 is 1.37 bits per heavy atom. The van der Waals surface area contributed by atoms with Gasteiger partial charge in [0, 0.05) is 17.5 Å². The van der Waals surface area contributed by atoms with Crippen LogP contribution in [0.1, 0.15) is 56.1 Å². The average Bonchev–Trinajstić information content (AvgIpc) is 2.97. The molecule has 1 aromatic rings. The van der Waals surface area contributed by atoms with E-state index in [0.29, 0.717) is 11.8 Å². The Labute approximate surface area is 116 Å². The third-order valence-electron chi connectivity index (χ3n) is 4.81. The van der Waals surface area contributed by atoms with Crippen LogP contribution in [0.2, 0.25) is 0 Å². The summed E-state index contributed by atoms with van der Waals surface area (Å²) < 4.78 is 5.87. The molecule has 2 nitrogen and oxygen atoms in total. The highest BCUT2D eigenvalue weighted by atomic mass is 16.5. The Bertz CT molecular complexity index is 455. The van der Waals surface area contributed by atoms with Crippen LogP contribution in [0.3, 0.4) is 0 Å². The quantitative estimate of drug-likeness (QED) is 0.819. The molecular weight excluding hydrogens is 234 g/mol. The minimum atomic E-state index is 0.597. The lowest BCUT2D eigenvalue weighted by atomic mass is 9.90. The smallest absolute Gasteiger partial charge is 0.122 e. The van der Waals surface area contributed by atoms with E-state index >= 15 is 0 Å². The fourth-order valence-electron chi connectivity index (χ4n) is 3.46. The number of benzene rings is 1. The van der Waals surface area contributed by atoms with Crippen molar-refractivity contribution in [2.45, 2.75) is 51.0 Å². The van der Waals surface area contributed by atoms with E-state index in [-0.39, 0.29) is 0 Å². The predicted molar refractivity (Wildman–Crippen MR) is 79.0 cm³/mol. The molecule has 2 aliphatic rings. The number of nitrogens with zero attached hydrogens (tertiary/aromatic N) is 1. The molecule has 2 aliphatic heterocycles. The van der Waals surface area contributed by atoms with Crippen LogP contribution in [0.15, 0.2) is 18.2 Å². The summed E-state index contributed by atoms with van der Waals surface area (Å²) in [5.41, 5.74) is 2.89. The van der Waals surface area contributed by atoms with Gasteiger partial charge in [-0.1, -0.05) is 26.0 Å². The summed E-state index contributed by atoms with van der Waals surface area (Å²) in [4.78, 5) is 2.52. The van der Waals surface area contributed by atoms with Crippen molar-refractivity contribution < 1.29 is 4.74 Å². The third-order valence-corrected chi connectivity index (χ3v) is 4.81. The number of ether oxygens (including phenoxy) is 1. The lowest BCUT2D eigenvalue weighted by Crippen LogP contribution is -2.27. The van der Waals surface area contributed by atoms with E-state index in [1.54, 1.807) is 0 Å². The molecule has 0 amide bonds. The maximum atomic E-state index is 5.87. The largest absolute Gasteiger partial charge is 0.493 e. The van der Waals surface area contributed by atoms with Gasteiger partial charge in [-0.05, 0) is 50.4 Å². The van der Waals surface area contributed by atoms with Gasteiger partial charge in [-0.15, -0.1) is 0 Å². The lowest BCUT2D eigenvalue weighted by molar-refractivity contribution is 0.257. The molecular formula is C17H25NO. The molecule has 2 heteroatoms. The molecule has 1 fully saturated rings. The maximum Gasteiger partial charge on any atom is 0.122 e. The molecule has 19 heavy (non-hydrogen) atoms. The number of fused-ring (bicyclic) bond motifs is 1. The van der Waals surface area contributed by atoms with Crippen LogP contribution in [0.5, 0.6) is 5.75 Å². The number of hydrogen-bond acceptors (Lipinski definition) is 2.